The number of carbonyl (C=O) groups is 1. The van der Waals surface area contributed by atoms with Crippen molar-refractivity contribution in [2.75, 3.05) is 17.7 Å². The molecular formula is C34H29BrClN5O3S. The van der Waals surface area contributed by atoms with E-state index < -0.39 is 6.04 Å². The van der Waals surface area contributed by atoms with Gasteiger partial charge in [0.25, 0.3) is 5.91 Å². The Balaban J connectivity index is 1.30. The summed E-state index contributed by atoms with van der Waals surface area (Å²) in [6.07, 6.45) is 0. The fraction of sp³-hybridized carbons (Fsp3) is 0.147. The molecule has 0 aliphatic carbocycles. The number of benzene rings is 4. The second kappa shape index (κ2) is 13.8. The minimum absolute atomic E-state index is 0.281. The molecule has 1 aliphatic heterocycles. The molecule has 0 bridgehead atoms. The lowest BCUT2D eigenvalue weighted by Gasteiger charge is -2.29. The number of fused-ring (bicyclic) bond motifs is 1. The number of nitrogens with one attached hydrogen (secondary N) is 2. The molecule has 4 aromatic carbocycles. The van der Waals surface area contributed by atoms with Crippen LogP contribution >= 0.6 is 39.3 Å². The molecule has 228 valence electrons. The Hall–Kier alpha value is -4.25. The highest BCUT2D eigenvalue weighted by atomic mass is 79.9. The molecule has 1 unspecified atom stereocenters. The Morgan fingerprint density at radius 1 is 1.02 bits per heavy atom. The van der Waals surface area contributed by atoms with E-state index in [-0.39, 0.29) is 5.91 Å². The molecule has 2 N–H and O–H groups in total. The molecular weight excluding hydrogens is 674 g/mol. The molecule has 1 aliphatic rings. The molecule has 5 aromatic rings. The maximum atomic E-state index is 14.0. The fourth-order valence-electron chi connectivity index (χ4n) is 4.98. The van der Waals surface area contributed by atoms with E-state index in [0.717, 1.165) is 21.2 Å². The average molecular weight is 703 g/mol. The SMILES string of the molecule is COc1ccccc1NC(=O)C1=C(C)Nc2nc(SCc3ccccc3Cl)nn2C1c1ccc(OCc2ccc(Br)cc2)cc1. The van der Waals surface area contributed by atoms with Gasteiger partial charge in [-0.15, -0.1) is 5.10 Å². The summed E-state index contributed by atoms with van der Waals surface area (Å²) in [5, 5.41) is 12.4. The Labute approximate surface area is 278 Å². The number of carbonyl (C=O) groups excluding carboxylic acids is 1. The van der Waals surface area contributed by atoms with Gasteiger partial charge < -0.3 is 20.1 Å². The van der Waals surface area contributed by atoms with E-state index in [9.17, 15) is 4.79 Å². The first-order valence-electron chi connectivity index (χ1n) is 14.1. The van der Waals surface area contributed by atoms with Crippen LogP contribution in [0.3, 0.4) is 0 Å². The monoisotopic (exact) mass is 701 g/mol. The van der Waals surface area contributed by atoms with Gasteiger partial charge in [0.1, 0.15) is 24.1 Å². The van der Waals surface area contributed by atoms with E-state index in [4.69, 9.17) is 31.2 Å². The standard InChI is InChI=1S/C34H29BrClN5O3S/c1-21-30(32(42)38-28-9-5-6-10-29(28)43-2)31(23-13-17-26(18-14-23)44-19-22-11-15-25(35)16-12-22)41-33(37-21)39-34(40-41)45-20-24-7-3-4-8-27(24)36/h3-18,31H,19-20H2,1-2H3,(H,38,42)(H,37,39,40). The van der Waals surface area contributed by atoms with Crippen molar-refractivity contribution in [1.82, 2.24) is 14.8 Å². The van der Waals surface area contributed by atoms with Crippen LogP contribution in [0.25, 0.3) is 0 Å². The van der Waals surface area contributed by atoms with Crippen LogP contribution in [0.1, 0.15) is 29.7 Å². The van der Waals surface area contributed by atoms with Crippen LogP contribution in [0.15, 0.2) is 118 Å². The smallest absolute Gasteiger partial charge is 0.255 e. The summed E-state index contributed by atoms with van der Waals surface area (Å²) < 4.78 is 14.3. The van der Waals surface area contributed by atoms with Gasteiger partial charge in [0.2, 0.25) is 11.1 Å². The first-order chi connectivity index (χ1) is 21.9. The molecule has 6 rings (SSSR count). The number of hydrogen-bond donors (Lipinski definition) is 2. The van der Waals surface area contributed by atoms with Gasteiger partial charge in [-0.25, -0.2) is 4.68 Å². The van der Waals surface area contributed by atoms with Crippen molar-refractivity contribution in [3.8, 4) is 11.5 Å². The lowest BCUT2D eigenvalue weighted by molar-refractivity contribution is -0.113. The van der Waals surface area contributed by atoms with Gasteiger partial charge in [-0.3, -0.25) is 4.79 Å². The fourth-order valence-corrected chi connectivity index (χ4v) is 6.36. The lowest BCUT2D eigenvalue weighted by atomic mass is 9.95. The van der Waals surface area contributed by atoms with Gasteiger partial charge in [0, 0.05) is 20.9 Å². The summed E-state index contributed by atoms with van der Waals surface area (Å²) in [5.74, 6) is 2.15. The summed E-state index contributed by atoms with van der Waals surface area (Å²) in [6, 6.07) is 30.2. The zero-order chi connectivity index (χ0) is 31.3. The van der Waals surface area contributed by atoms with E-state index in [1.54, 1.807) is 23.9 Å². The first-order valence-corrected chi connectivity index (χ1v) is 16.3. The largest absolute Gasteiger partial charge is 0.495 e. The van der Waals surface area contributed by atoms with Crippen molar-refractivity contribution in [3.63, 3.8) is 0 Å². The number of methoxy groups -OCH3 is 1. The van der Waals surface area contributed by atoms with Crippen LogP contribution in [-0.4, -0.2) is 27.8 Å². The van der Waals surface area contributed by atoms with Crippen LogP contribution in [0, 0.1) is 0 Å². The molecule has 0 fully saturated rings. The highest BCUT2D eigenvalue weighted by Crippen LogP contribution is 2.38. The van der Waals surface area contributed by atoms with Crippen molar-refractivity contribution in [3.05, 3.63) is 135 Å². The third kappa shape index (κ3) is 7.03. The highest BCUT2D eigenvalue weighted by molar-refractivity contribution is 9.10. The minimum Gasteiger partial charge on any atom is -0.495 e. The van der Waals surface area contributed by atoms with Crippen LogP contribution in [0.4, 0.5) is 11.6 Å². The molecule has 0 saturated heterocycles. The van der Waals surface area contributed by atoms with Gasteiger partial charge in [-0.05, 0) is 66.1 Å². The van der Waals surface area contributed by atoms with Crippen molar-refractivity contribution in [1.29, 1.82) is 0 Å². The third-order valence-electron chi connectivity index (χ3n) is 7.26. The number of hydrogen-bond acceptors (Lipinski definition) is 7. The molecule has 0 radical (unpaired) electrons. The molecule has 45 heavy (non-hydrogen) atoms. The molecule has 2 heterocycles. The third-order valence-corrected chi connectivity index (χ3v) is 9.05. The topological polar surface area (TPSA) is 90.3 Å². The van der Waals surface area contributed by atoms with Crippen molar-refractivity contribution >= 4 is 56.8 Å². The van der Waals surface area contributed by atoms with Crippen molar-refractivity contribution in [2.45, 2.75) is 30.5 Å². The summed E-state index contributed by atoms with van der Waals surface area (Å²) in [7, 11) is 1.57. The quantitative estimate of drug-likeness (QED) is 0.141. The predicted octanol–water partition coefficient (Wildman–Crippen LogP) is 8.50. The number of thioether (sulfide) groups is 1. The Morgan fingerprint density at radius 3 is 2.51 bits per heavy atom. The molecule has 11 heteroatoms. The van der Waals surface area contributed by atoms with E-state index in [0.29, 0.717) is 56.9 Å². The molecule has 1 atom stereocenters. The predicted molar refractivity (Wildman–Crippen MR) is 182 cm³/mol. The number of anilines is 2. The van der Waals surface area contributed by atoms with Gasteiger partial charge in [0.05, 0.1) is 18.4 Å². The molecule has 8 nitrogen and oxygen atoms in total. The number of rotatable bonds is 10. The maximum absolute atomic E-state index is 14.0. The first kappa shape index (κ1) is 30.8. The molecule has 1 amide bonds. The average Bonchev–Trinajstić information content (AvgIpc) is 3.46. The Bertz CT molecular complexity index is 1860. The van der Waals surface area contributed by atoms with Crippen molar-refractivity contribution in [2.24, 2.45) is 0 Å². The van der Waals surface area contributed by atoms with Gasteiger partial charge >= 0.3 is 0 Å². The number of allylic oxidation sites excluding steroid dienone is 1. The number of aromatic nitrogens is 3. The van der Waals surface area contributed by atoms with Gasteiger partial charge in [-0.1, -0.05) is 93.9 Å². The number of ether oxygens (including phenoxy) is 2. The normalized spacial score (nSPS) is 14.0. The second-order valence-corrected chi connectivity index (χ2v) is 12.5. The molecule has 0 spiro atoms. The zero-order valence-electron chi connectivity index (χ0n) is 24.5. The number of nitrogens with zero attached hydrogens (tertiary/aromatic N) is 3. The van der Waals surface area contributed by atoms with E-state index in [1.807, 2.05) is 91.9 Å². The van der Waals surface area contributed by atoms with Gasteiger partial charge in [-0.2, -0.15) is 4.98 Å². The summed E-state index contributed by atoms with van der Waals surface area (Å²) in [4.78, 5) is 18.7. The van der Waals surface area contributed by atoms with Crippen LogP contribution in [-0.2, 0) is 17.2 Å². The van der Waals surface area contributed by atoms with Crippen LogP contribution < -0.4 is 20.1 Å². The second-order valence-electron chi connectivity index (χ2n) is 10.2. The minimum atomic E-state index is -0.557. The van der Waals surface area contributed by atoms with Crippen LogP contribution in [0.5, 0.6) is 11.5 Å². The van der Waals surface area contributed by atoms with Crippen LogP contribution in [0.2, 0.25) is 5.02 Å². The lowest BCUT2D eigenvalue weighted by Crippen LogP contribution is -2.31. The summed E-state index contributed by atoms with van der Waals surface area (Å²) in [6.45, 7) is 2.30. The molecule has 1 aromatic heterocycles. The van der Waals surface area contributed by atoms with E-state index in [1.165, 1.54) is 11.8 Å². The number of amides is 1. The summed E-state index contributed by atoms with van der Waals surface area (Å²) >= 11 is 11.3. The highest BCUT2D eigenvalue weighted by Gasteiger charge is 2.34. The number of para-hydroxylation sites is 2. The van der Waals surface area contributed by atoms with Crippen molar-refractivity contribution < 1.29 is 14.3 Å². The van der Waals surface area contributed by atoms with Gasteiger partial charge in [0.15, 0.2) is 0 Å². The van der Waals surface area contributed by atoms with E-state index in [2.05, 4.69) is 26.6 Å². The Kier molecular flexibility index (Phi) is 9.44. The Morgan fingerprint density at radius 2 is 1.76 bits per heavy atom. The van der Waals surface area contributed by atoms with E-state index >= 15 is 0 Å². The zero-order valence-corrected chi connectivity index (χ0v) is 27.6. The number of halogens is 2. The summed E-state index contributed by atoms with van der Waals surface area (Å²) in [5.41, 5.74) is 4.65. The maximum Gasteiger partial charge on any atom is 0.255 e. The molecule has 0 saturated carbocycles.